The molecule has 0 radical (unpaired) electrons. The van der Waals surface area contributed by atoms with Crippen molar-refractivity contribution in [2.24, 2.45) is 7.05 Å². The predicted octanol–water partition coefficient (Wildman–Crippen LogP) is 2.69. The zero-order chi connectivity index (χ0) is 20.4. The topological polar surface area (TPSA) is 89.7 Å². The quantitative estimate of drug-likeness (QED) is 0.650. The summed E-state index contributed by atoms with van der Waals surface area (Å²) in [5.41, 5.74) is 3.75. The Hall–Kier alpha value is -2.71. The maximum atomic E-state index is 12.7. The van der Waals surface area contributed by atoms with E-state index in [0.29, 0.717) is 11.9 Å². The first kappa shape index (κ1) is 22.0. The number of amides is 1. The Bertz CT molecular complexity index is 1010. The summed E-state index contributed by atoms with van der Waals surface area (Å²) >= 11 is 0. The van der Waals surface area contributed by atoms with Gasteiger partial charge in [0.15, 0.2) is 5.82 Å². The molecule has 1 aliphatic rings. The lowest BCUT2D eigenvalue weighted by atomic mass is 9.98. The average molecular weight is 430 g/mol. The number of hydrogen-bond acceptors (Lipinski definition) is 5. The van der Waals surface area contributed by atoms with E-state index < -0.39 is 0 Å². The van der Waals surface area contributed by atoms with E-state index in [1.165, 1.54) is 0 Å². The van der Waals surface area contributed by atoms with E-state index in [2.05, 4.69) is 25.8 Å². The molecule has 2 N–H and O–H groups in total. The van der Waals surface area contributed by atoms with Crippen molar-refractivity contribution in [3.05, 3.63) is 53.1 Å². The molecule has 0 aliphatic carbocycles. The van der Waals surface area contributed by atoms with Crippen molar-refractivity contribution in [3.8, 4) is 5.69 Å². The van der Waals surface area contributed by atoms with Gasteiger partial charge in [0, 0.05) is 24.2 Å². The second kappa shape index (κ2) is 9.40. The van der Waals surface area contributed by atoms with Crippen LogP contribution in [0.4, 0.5) is 5.95 Å². The number of para-hydroxylation sites is 1. The van der Waals surface area contributed by atoms with Crippen molar-refractivity contribution in [3.63, 3.8) is 0 Å². The van der Waals surface area contributed by atoms with Crippen LogP contribution in [0.1, 0.15) is 41.5 Å². The van der Waals surface area contributed by atoms with Crippen LogP contribution in [0.5, 0.6) is 0 Å². The second-order valence-corrected chi connectivity index (χ2v) is 7.56. The number of aromatic nitrogens is 5. The normalized spacial score (nSPS) is 14.4. The number of hydrogen-bond donors (Lipinski definition) is 2. The highest BCUT2D eigenvalue weighted by Crippen LogP contribution is 2.23. The SMILES string of the molecule is Cc1nn(-c2ccccc2)c(C)c1CC(=O)Nc1nc(C2CCNCC2)nn1C.Cl. The van der Waals surface area contributed by atoms with E-state index in [0.717, 1.165) is 54.4 Å². The predicted molar refractivity (Wildman–Crippen MR) is 118 cm³/mol. The fourth-order valence-corrected chi connectivity index (χ4v) is 3.85. The van der Waals surface area contributed by atoms with Gasteiger partial charge in [0.2, 0.25) is 11.9 Å². The van der Waals surface area contributed by atoms with Gasteiger partial charge in [-0.05, 0) is 51.9 Å². The van der Waals surface area contributed by atoms with Crippen LogP contribution >= 0.6 is 12.4 Å². The molecule has 0 bridgehead atoms. The summed E-state index contributed by atoms with van der Waals surface area (Å²) in [5, 5.41) is 15.4. The van der Waals surface area contributed by atoms with Crippen molar-refractivity contribution >= 4 is 24.3 Å². The van der Waals surface area contributed by atoms with Crippen molar-refractivity contribution < 1.29 is 4.79 Å². The second-order valence-electron chi connectivity index (χ2n) is 7.56. The molecule has 30 heavy (non-hydrogen) atoms. The lowest BCUT2D eigenvalue weighted by Gasteiger charge is -2.19. The molecule has 0 unspecified atom stereocenters. The molecule has 8 nitrogen and oxygen atoms in total. The summed E-state index contributed by atoms with van der Waals surface area (Å²) in [4.78, 5) is 17.3. The minimum absolute atomic E-state index is 0. The van der Waals surface area contributed by atoms with Gasteiger partial charge in [-0.15, -0.1) is 12.4 Å². The van der Waals surface area contributed by atoms with Crippen LogP contribution in [-0.4, -0.2) is 43.5 Å². The molecule has 1 saturated heterocycles. The van der Waals surface area contributed by atoms with Gasteiger partial charge in [0.25, 0.3) is 0 Å². The summed E-state index contributed by atoms with van der Waals surface area (Å²) in [5.74, 6) is 1.54. The van der Waals surface area contributed by atoms with Crippen LogP contribution in [0.25, 0.3) is 5.69 Å². The van der Waals surface area contributed by atoms with E-state index in [4.69, 9.17) is 0 Å². The Labute approximate surface area is 182 Å². The lowest BCUT2D eigenvalue weighted by Crippen LogP contribution is -2.27. The Morgan fingerprint density at radius 1 is 1.17 bits per heavy atom. The third kappa shape index (κ3) is 4.55. The highest BCUT2D eigenvalue weighted by Gasteiger charge is 2.22. The number of carbonyl (C=O) groups is 1. The van der Waals surface area contributed by atoms with E-state index in [1.54, 1.807) is 4.68 Å². The minimum Gasteiger partial charge on any atom is -0.317 e. The molecule has 1 aromatic carbocycles. The van der Waals surface area contributed by atoms with Crippen LogP contribution in [0, 0.1) is 13.8 Å². The third-order valence-electron chi connectivity index (χ3n) is 5.51. The fraction of sp³-hybridized carbons (Fsp3) is 0.429. The van der Waals surface area contributed by atoms with Crippen molar-refractivity contribution in [1.29, 1.82) is 0 Å². The van der Waals surface area contributed by atoms with Crippen LogP contribution in [0.3, 0.4) is 0 Å². The molecule has 9 heteroatoms. The largest absolute Gasteiger partial charge is 0.317 e. The number of carbonyl (C=O) groups excluding carboxylic acids is 1. The highest BCUT2D eigenvalue weighted by molar-refractivity contribution is 5.91. The van der Waals surface area contributed by atoms with Crippen molar-refractivity contribution in [1.82, 2.24) is 29.9 Å². The molecule has 1 aliphatic heterocycles. The number of rotatable bonds is 5. The maximum Gasteiger partial charge on any atom is 0.231 e. The number of nitrogens with zero attached hydrogens (tertiary/aromatic N) is 5. The molecule has 2 aromatic heterocycles. The zero-order valence-corrected chi connectivity index (χ0v) is 18.4. The van der Waals surface area contributed by atoms with Gasteiger partial charge in [-0.3, -0.25) is 10.1 Å². The molecule has 1 amide bonds. The molecule has 3 heterocycles. The molecule has 0 spiro atoms. The first-order valence-corrected chi connectivity index (χ1v) is 10.0. The average Bonchev–Trinajstić information content (AvgIpc) is 3.23. The molecular weight excluding hydrogens is 402 g/mol. The van der Waals surface area contributed by atoms with E-state index in [9.17, 15) is 4.79 Å². The standard InChI is InChI=1S/C21H27N7O.ClH/c1-14-18(15(2)28(25-14)17-7-5-4-6-8-17)13-19(29)23-21-24-20(26-27(21)3)16-9-11-22-12-10-16;/h4-8,16,22H,9-13H2,1-3H3,(H,23,24,26,29);1H. The summed E-state index contributed by atoms with van der Waals surface area (Å²) < 4.78 is 3.54. The number of halogens is 1. The Morgan fingerprint density at radius 3 is 2.57 bits per heavy atom. The van der Waals surface area contributed by atoms with Crippen LogP contribution in [0.15, 0.2) is 30.3 Å². The molecule has 0 atom stereocenters. The highest BCUT2D eigenvalue weighted by atomic mass is 35.5. The first-order chi connectivity index (χ1) is 14.0. The van der Waals surface area contributed by atoms with Crippen molar-refractivity contribution in [2.45, 2.75) is 39.0 Å². The summed E-state index contributed by atoms with van der Waals surface area (Å²) in [6.45, 7) is 5.89. The number of piperidine rings is 1. The minimum atomic E-state index is -0.115. The Balaban J connectivity index is 0.00000256. The maximum absolute atomic E-state index is 12.7. The Morgan fingerprint density at radius 2 is 1.87 bits per heavy atom. The molecule has 1 fully saturated rings. The van der Waals surface area contributed by atoms with E-state index in [-0.39, 0.29) is 24.7 Å². The van der Waals surface area contributed by atoms with Crippen LogP contribution in [0.2, 0.25) is 0 Å². The number of nitrogens with one attached hydrogen (secondary N) is 2. The monoisotopic (exact) mass is 429 g/mol. The summed E-state index contributed by atoms with van der Waals surface area (Å²) in [6, 6.07) is 9.94. The van der Waals surface area contributed by atoms with Crippen LogP contribution < -0.4 is 10.6 Å². The molecule has 0 saturated carbocycles. The lowest BCUT2D eigenvalue weighted by molar-refractivity contribution is -0.115. The van der Waals surface area contributed by atoms with Crippen molar-refractivity contribution in [2.75, 3.05) is 18.4 Å². The van der Waals surface area contributed by atoms with Gasteiger partial charge in [-0.1, -0.05) is 18.2 Å². The molecular formula is C21H28ClN7O. The smallest absolute Gasteiger partial charge is 0.231 e. The van der Waals surface area contributed by atoms with E-state index in [1.807, 2.05) is 55.9 Å². The van der Waals surface area contributed by atoms with Gasteiger partial charge in [0.1, 0.15) is 0 Å². The number of aryl methyl sites for hydroxylation is 2. The zero-order valence-electron chi connectivity index (χ0n) is 17.6. The fourth-order valence-electron chi connectivity index (χ4n) is 3.85. The van der Waals surface area contributed by atoms with Crippen LogP contribution in [-0.2, 0) is 18.3 Å². The third-order valence-corrected chi connectivity index (χ3v) is 5.51. The van der Waals surface area contributed by atoms with Gasteiger partial charge in [-0.25, -0.2) is 9.36 Å². The van der Waals surface area contributed by atoms with Gasteiger partial charge < -0.3 is 5.32 Å². The van der Waals surface area contributed by atoms with Gasteiger partial charge in [0.05, 0.1) is 17.8 Å². The summed E-state index contributed by atoms with van der Waals surface area (Å²) in [7, 11) is 1.82. The van der Waals surface area contributed by atoms with Gasteiger partial charge in [-0.2, -0.15) is 15.2 Å². The van der Waals surface area contributed by atoms with Gasteiger partial charge >= 0.3 is 0 Å². The molecule has 4 rings (SSSR count). The molecule has 160 valence electrons. The first-order valence-electron chi connectivity index (χ1n) is 10.0. The number of anilines is 1. The number of benzene rings is 1. The Kier molecular flexibility index (Phi) is 6.89. The summed E-state index contributed by atoms with van der Waals surface area (Å²) in [6.07, 6.45) is 2.29. The van der Waals surface area contributed by atoms with E-state index >= 15 is 0 Å². The molecule has 3 aromatic rings.